The molecule has 8 heteroatoms. The Labute approximate surface area is 201 Å². The highest BCUT2D eigenvalue weighted by atomic mass is 127. The van der Waals surface area contributed by atoms with Crippen LogP contribution in [0.5, 0.6) is 0 Å². The monoisotopic (exact) mass is 540 g/mol. The van der Waals surface area contributed by atoms with Gasteiger partial charge < -0.3 is 20.4 Å². The summed E-state index contributed by atoms with van der Waals surface area (Å²) in [4.78, 5) is 14.3. The number of guanidine groups is 1. The molecular weight excluding hydrogens is 507 g/mol. The molecule has 2 aliphatic heterocycles. The zero-order valence-corrected chi connectivity index (χ0v) is 20.9. The van der Waals surface area contributed by atoms with Crippen molar-refractivity contribution in [1.29, 1.82) is 0 Å². The number of hydrogen-bond donors (Lipinski definition) is 2. The van der Waals surface area contributed by atoms with E-state index in [-0.39, 0.29) is 24.0 Å². The van der Waals surface area contributed by atoms with Crippen LogP contribution in [0.2, 0.25) is 0 Å². The number of thiophene rings is 1. The maximum Gasteiger partial charge on any atom is 0.191 e. The Morgan fingerprint density at radius 1 is 1.17 bits per heavy atom. The topological polar surface area (TPSA) is 55.8 Å². The van der Waals surface area contributed by atoms with E-state index < -0.39 is 0 Å². The molecular formula is C22H33IN6S. The van der Waals surface area contributed by atoms with Crippen LogP contribution in [0.25, 0.3) is 0 Å². The van der Waals surface area contributed by atoms with Crippen LogP contribution in [0.1, 0.15) is 38.2 Å². The van der Waals surface area contributed by atoms with E-state index in [9.17, 15) is 0 Å². The number of halogens is 1. The minimum absolute atomic E-state index is 0. The average Bonchev–Trinajstić information content (AvgIpc) is 3.47. The maximum atomic E-state index is 4.85. The van der Waals surface area contributed by atoms with Crippen molar-refractivity contribution in [2.75, 3.05) is 42.5 Å². The molecule has 0 saturated carbocycles. The first-order valence-electron chi connectivity index (χ1n) is 10.8. The van der Waals surface area contributed by atoms with E-state index in [1.165, 1.54) is 23.4 Å². The summed E-state index contributed by atoms with van der Waals surface area (Å²) in [6.07, 6.45) is 6.72. The SMILES string of the molecule is CCNC(=NCc1ccnc(N2CCCC2)c1)NC1CCN(c2cccs2)CC1.I. The second-order valence-electron chi connectivity index (χ2n) is 7.77. The quantitative estimate of drug-likeness (QED) is 0.329. The number of aliphatic imine (C=N–C) groups is 1. The lowest BCUT2D eigenvalue weighted by Gasteiger charge is -2.33. The molecule has 0 aliphatic carbocycles. The van der Waals surface area contributed by atoms with Gasteiger partial charge in [0.15, 0.2) is 5.96 Å². The first kappa shape index (κ1) is 23.1. The van der Waals surface area contributed by atoms with Gasteiger partial charge in [-0.3, -0.25) is 0 Å². The highest BCUT2D eigenvalue weighted by Crippen LogP contribution is 2.25. The molecule has 0 atom stereocenters. The molecule has 0 radical (unpaired) electrons. The van der Waals surface area contributed by atoms with Crippen LogP contribution in [0.3, 0.4) is 0 Å². The van der Waals surface area contributed by atoms with Crippen LogP contribution in [0, 0.1) is 0 Å². The summed E-state index contributed by atoms with van der Waals surface area (Å²) in [5, 5.41) is 10.6. The first-order valence-corrected chi connectivity index (χ1v) is 11.7. The Morgan fingerprint density at radius 2 is 1.97 bits per heavy atom. The first-order chi connectivity index (χ1) is 14.3. The average molecular weight is 541 g/mol. The van der Waals surface area contributed by atoms with Crippen LogP contribution < -0.4 is 20.4 Å². The fourth-order valence-corrected chi connectivity index (χ4v) is 4.84. The van der Waals surface area contributed by atoms with Gasteiger partial charge in [0.2, 0.25) is 0 Å². The number of nitrogens with zero attached hydrogens (tertiary/aromatic N) is 4. The molecule has 0 amide bonds. The maximum absolute atomic E-state index is 4.85. The minimum atomic E-state index is 0. The van der Waals surface area contributed by atoms with Crippen molar-refractivity contribution in [3.05, 3.63) is 41.4 Å². The standard InChI is InChI=1S/C22H32N6S.HI/c1-2-23-22(26-19-8-13-28(14-9-19)21-6-5-15-29-21)25-17-18-7-10-24-20(16-18)27-11-3-4-12-27;/h5-7,10,15-16,19H,2-4,8-9,11-14,17H2,1H3,(H2,23,25,26);1H. The molecule has 0 spiro atoms. The second kappa shape index (κ2) is 11.7. The van der Waals surface area contributed by atoms with Gasteiger partial charge in [-0.25, -0.2) is 9.98 Å². The van der Waals surface area contributed by atoms with Crippen molar-refractivity contribution >= 4 is 52.1 Å². The molecule has 4 rings (SSSR count). The predicted molar refractivity (Wildman–Crippen MR) is 139 cm³/mol. The smallest absolute Gasteiger partial charge is 0.191 e. The third-order valence-corrected chi connectivity index (χ3v) is 6.59. The van der Waals surface area contributed by atoms with Gasteiger partial charge in [0, 0.05) is 45.0 Å². The van der Waals surface area contributed by atoms with Crippen molar-refractivity contribution in [1.82, 2.24) is 15.6 Å². The molecule has 2 aliphatic rings. The lowest BCUT2D eigenvalue weighted by atomic mass is 10.1. The third-order valence-electron chi connectivity index (χ3n) is 5.66. The molecule has 6 nitrogen and oxygen atoms in total. The third kappa shape index (κ3) is 6.23. The Kier molecular flexibility index (Phi) is 9.05. The molecule has 2 saturated heterocycles. The zero-order valence-electron chi connectivity index (χ0n) is 17.7. The van der Waals surface area contributed by atoms with Crippen molar-refractivity contribution in [2.45, 2.75) is 45.2 Å². The number of aromatic nitrogens is 1. The van der Waals surface area contributed by atoms with E-state index in [0.717, 1.165) is 57.3 Å². The number of nitrogens with one attached hydrogen (secondary N) is 2. The van der Waals surface area contributed by atoms with Crippen molar-refractivity contribution in [3.8, 4) is 0 Å². The minimum Gasteiger partial charge on any atom is -0.363 e. The summed E-state index contributed by atoms with van der Waals surface area (Å²) in [6.45, 7) is 8.10. The fourth-order valence-electron chi connectivity index (χ4n) is 4.06. The van der Waals surface area contributed by atoms with Gasteiger partial charge in [-0.15, -0.1) is 35.3 Å². The summed E-state index contributed by atoms with van der Waals surface area (Å²) in [7, 11) is 0. The van der Waals surface area contributed by atoms with E-state index in [1.54, 1.807) is 0 Å². The Hall–Kier alpha value is -1.55. The molecule has 164 valence electrons. The number of rotatable bonds is 6. The lowest BCUT2D eigenvalue weighted by molar-refractivity contribution is 0.463. The molecule has 4 heterocycles. The van der Waals surface area contributed by atoms with Crippen LogP contribution in [-0.2, 0) is 6.54 Å². The number of piperidine rings is 1. The van der Waals surface area contributed by atoms with Gasteiger partial charge in [-0.1, -0.05) is 0 Å². The summed E-state index contributed by atoms with van der Waals surface area (Å²) in [5.41, 5.74) is 1.21. The number of anilines is 2. The second-order valence-corrected chi connectivity index (χ2v) is 8.69. The summed E-state index contributed by atoms with van der Waals surface area (Å²) >= 11 is 1.83. The molecule has 2 aromatic heterocycles. The van der Waals surface area contributed by atoms with Crippen LogP contribution in [-0.4, -0.2) is 49.7 Å². The van der Waals surface area contributed by atoms with Gasteiger partial charge >= 0.3 is 0 Å². The number of hydrogen-bond acceptors (Lipinski definition) is 5. The zero-order chi connectivity index (χ0) is 19.9. The van der Waals surface area contributed by atoms with Crippen LogP contribution >= 0.6 is 35.3 Å². The summed E-state index contributed by atoms with van der Waals surface area (Å²) in [6, 6.07) is 9.09. The fraction of sp³-hybridized carbons (Fsp3) is 0.545. The Bertz CT molecular complexity index is 783. The van der Waals surface area contributed by atoms with Gasteiger partial charge in [0.25, 0.3) is 0 Å². The van der Waals surface area contributed by atoms with Crippen molar-refractivity contribution in [3.63, 3.8) is 0 Å². The number of pyridine rings is 1. The molecule has 2 N–H and O–H groups in total. The highest BCUT2D eigenvalue weighted by molar-refractivity contribution is 14.0. The molecule has 0 aromatic carbocycles. The van der Waals surface area contributed by atoms with Gasteiger partial charge in [0.05, 0.1) is 11.5 Å². The van der Waals surface area contributed by atoms with Crippen LogP contribution in [0.4, 0.5) is 10.8 Å². The largest absolute Gasteiger partial charge is 0.363 e. The summed E-state index contributed by atoms with van der Waals surface area (Å²) in [5.74, 6) is 2.01. The van der Waals surface area contributed by atoms with E-state index in [2.05, 4.69) is 62.0 Å². The molecule has 0 bridgehead atoms. The molecule has 2 aromatic rings. The van der Waals surface area contributed by atoms with E-state index in [1.807, 2.05) is 17.5 Å². The van der Waals surface area contributed by atoms with E-state index >= 15 is 0 Å². The molecule has 30 heavy (non-hydrogen) atoms. The molecule has 2 fully saturated rings. The van der Waals surface area contributed by atoms with E-state index in [0.29, 0.717) is 12.6 Å². The summed E-state index contributed by atoms with van der Waals surface area (Å²) < 4.78 is 0. The van der Waals surface area contributed by atoms with Gasteiger partial charge in [-0.05, 0) is 67.8 Å². The van der Waals surface area contributed by atoms with Crippen molar-refractivity contribution in [2.24, 2.45) is 4.99 Å². The van der Waals surface area contributed by atoms with Gasteiger partial charge in [0.1, 0.15) is 5.82 Å². The molecule has 0 unspecified atom stereocenters. The van der Waals surface area contributed by atoms with E-state index in [4.69, 9.17) is 4.99 Å². The van der Waals surface area contributed by atoms with Gasteiger partial charge in [-0.2, -0.15) is 0 Å². The lowest BCUT2D eigenvalue weighted by Crippen LogP contribution is -2.48. The Balaban J connectivity index is 0.00000256. The van der Waals surface area contributed by atoms with Crippen molar-refractivity contribution < 1.29 is 0 Å². The predicted octanol–water partition coefficient (Wildman–Crippen LogP) is 4.09. The normalized spacial score (nSPS) is 17.7. The Morgan fingerprint density at radius 3 is 2.67 bits per heavy atom. The van der Waals surface area contributed by atoms with Crippen LogP contribution in [0.15, 0.2) is 40.8 Å². The highest BCUT2D eigenvalue weighted by Gasteiger charge is 2.20.